The average Bonchev–Trinajstić information content (AvgIpc) is 2.36. The van der Waals surface area contributed by atoms with Crippen LogP contribution in [0.15, 0.2) is 0 Å². The summed E-state index contributed by atoms with van der Waals surface area (Å²) >= 11 is 0. The summed E-state index contributed by atoms with van der Waals surface area (Å²) in [5.41, 5.74) is 5.21. The number of carbonyl (C=O) groups is 1. The Morgan fingerprint density at radius 2 is 1.41 bits per heavy atom. The van der Waals surface area contributed by atoms with E-state index in [9.17, 15) is 13.2 Å². The molecule has 0 amide bonds. The first-order valence-corrected chi connectivity index (χ1v) is 9.12. The second kappa shape index (κ2) is 16.4. The summed E-state index contributed by atoms with van der Waals surface area (Å²) in [5.74, 6) is -0.474. The van der Waals surface area contributed by atoms with Gasteiger partial charge in [0.2, 0.25) is 0 Å². The van der Waals surface area contributed by atoms with Gasteiger partial charge in [0.25, 0.3) is 10.1 Å². The van der Waals surface area contributed by atoms with E-state index in [2.05, 4.69) is 6.92 Å². The van der Waals surface area contributed by atoms with Crippen molar-refractivity contribution in [3.63, 3.8) is 0 Å². The van der Waals surface area contributed by atoms with Gasteiger partial charge in [-0.1, -0.05) is 58.3 Å². The summed E-state index contributed by atoms with van der Waals surface area (Å²) in [7, 11) is -4.35. The fourth-order valence-corrected chi connectivity index (χ4v) is 2.88. The van der Waals surface area contributed by atoms with E-state index in [-0.39, 0.29) is 49.9 Å². The number of unbranched alkanes of at least 4 members (excludes halogenated alkanes) is 8. The van der Waals surface area contributed by atoms with E-state index >= 15 is 0 Å². The van der Waals surface area contributed by atoms with Crippen molar-refractivity contribution in [2.45, 2.75) is 76.4 Å². The molecule has 0 aliphatic rings. The quantitative estimate of drug-likeness (QED) is 0.214. The number of nitrogens with two attached hydrogens (primary N) is 1. The summed E-state index contributed by atoms with van der Waals surface area (Å²) in [6, 6.07) is 0. The van der Waals surface area contributed by atoms with E-state index in [0.29, 0.717) is 6.42 Å². The van der Waals surface area contributed by atoms with Gasteiger partial charge in [-0.25, -0.2) is 0 Å². The first-order chi connectivity index (χ1) is 9.43. The van der Waals surface area contributed by atoms with Crippen molar-refractivity contribution >= 4 is 15.9 Å². The van der Waals surface area contributed by atoms with Crippen molar-refractivity contribution in [2.75, 3.05) is 6.54 Å². The van der Waals surface area contributed by atoms with E-state index in [4.69, 9.17) is 10.3 Å². The molecule has 0 radical (unpaired) electrons. The summed E-state index contributed by atoms with van der Waals surface area (Å²) in [6.07, 6.45) is 10.3. The van der Waals surface area contributed by atoms with Crippen molar-refractivity contribution in [1.29, 1.82) is 0 Å². The van der Waals surface area contributed by atoms with Crippen molar-refractivity contribution < 1.29 is 47.3 Å². The molecular formula is C15H32NNaO4S. The van der Waals surface area contributed by atoms with E-state index in [1.165, 1.54) is 32.1 Å². The van der Waals surface area contributed by atoms with Crippen LogP contribution in [0.1, 0.15) is 71.1 Å². The zero-order valence-corrected chi connectivity index (χ0v) is 17.3. The normalized spacial score (nSPS) is 12.1. The number of carbonyl (C=O) groups excluding carboxylic acids is 1. The average molecular weight is 345 g/mol. The minimum Gasteiger partial charge on any atom is -0.358 e. The van der Waals surface area contributed by atoms with Crippen LogP contribution in [0.4, 0.5) is 0 Å². The molecule has 0 aromatic rings. The van der Waals surface area contributed by atoms with Gasteiger partial charge in [-0.15, -0.1) is 0 Å². The van der Waals surface area contributed by atoms with Gasteiger partial charge in [0, 0.05) is 13.0 Å². The molecule has 5 nitrogen and oxygen atoms in total. The molecule has 128 valence electrons. The summed E-state index contributed by atoms with van der Waals surface area (Å²) in [5, 5.41) is -1.45. The van der Waals surface area contributed by atoms with Gasteiger partial charge in [0.1, 0.15) is 0 Å². The molecule has 0 aromatic carbocycles. The Morgan fingerprint density at radius 1 is 1.00 bits per heavy atom. The molecule has 0 heterocycles. The smallest absolute Gasteiger partial charge is 0.358 e. The SMILES string of the molecule is CCCCCCCCCCCC(=O)C(CN)S(=O)(=O)O.[CH3-].[Na+]. The largest absolute Gasteiger partial charge is 1.00 e. The molecule has 22 heavy (non-hydrogen) atoms. The van der Waals surface area contributed by atoms with Gasteiger partial charge < -0.3 is 13.2 Å². The zero-order chi connectivity index (χ0) is 15.4. The molecule has 0 bridgehead atoms. The van der Waals surface area contributed by atoms with Gasteiger partial charge in [-0.2, -0.15) is 8.42 Å². The standard InChI is InChI=1S/C14H29NO4S.CH3.Na/c1-2-3-4-5-6-7-8-9-10-11-13(16)14(12-15)20(17,18)19;;/h14H,2-12,15H2,1H3,(H,17,18,19);1H3;/q;-1;+1. The third-order valence-corrected chi connectivity index (χ3v) is 4.63. The van der Waals surface area contributed by atoms with Crippen LogP contribution in [0.5, 0.6) is 0 Å². The van der Waals surface area contributed by atoms with Crippen LogP contribution in [-0.4, -0.2) is 30.5 Å². The number of hydrogen-bond acceptors (Lipinski definition) is 4. The molecule has 0 fully saturated rings. The number of rotatable bonds is 13. The molecule has 0 aliphatic carbocycles. The fraction of sp³-hybridized carbons (Fsp3) is 0.867. The van der Waals surface area contributed by atoms with Crippen LogP contribution < -0.4 is 35.3 Å². The van der Waals surface area contributed by atoms with E-state index in [1.807, 2.05) is 0 Å². The van der Waals surface area contributed by atoms with Crippen molar-refractivity contribution in [2.24, 2.45) is 5.73 Å². The van der Waals surface area contributed by atoms with Crippen LogP contribution in [0.25, 0.3) is 0 Å². The van der Waals surface area contributed by atoms with Crippen LogP contribution in [0.2, 0.25) is 0 Å². The molecule has 1 atom stereocenters. The van der Waals surface area contributed by atoms with E-state index < -0.39 is 21.2 Å². The molecule has 0 saturated heterocycles. The molecule has 0 saturated carbocycles. The fourth-order valence-electron chi connectivity index (χ4n) is 2.19. The van der Waals surface area contributed by atoms with Gasteiger partial charge in [-0.3, -0.25) is 9.35 Å². The minimum absolute atomic E-state index is 0. The monoisotopic (exact) mass is 345 g/mol. The Bertz CT molecular complexity index is 361. The molecule has 0 spiro atoms. The third kappa shape index (κ3) is 14.2. The molecule has 3 N–H and O–H groups in total. The molecule has 7 heteroatoms. The van der Waals surface area contributed by atoms with E-state index in [0.717, 1.165) is 19.3 Å². The van der Waals surface area contributed by atoms with Crippen LogP contribution in [0, 0.1) is 7.43 Å². The van der Waals surface area contributed by atoms with E-state index in [1.54, 1.807) is 0 Å². The Morgan fingerprint density at radius 3 is 1.77 bits per heavy atom. The van der Waals surface area contributed by atoms with Crippen LogP contribution >= 0.6 is 0 Å². The first kappa shape index (κ1) is 27.4. The second-order valence-electron chi connectivity index (χ2n) is 5.28. The number of ketones is 1. The molecular weight excluding hydrogens is 313 g/mol. The maximum Gasteiger partial charge on any atom is 1.00 e. The summed E-state index contributed by atoms with van der Waals surface area (Å²) < 4.78 is 30.7. The molecule has 0 aromatic heterocycles. The maximum atomic E-state index is 11.6. The van der Waals surface area contributed by atoms with Crippen LogP contribution in [-0.2, 0) is 14.9 Å². The Kier molecular flexibility index (Phi) is 20.4. The van der Waals surface area contributed by atoms with Crippen molar-refractivity contribution in [1.82, 2.24) is 0 Å². The van der Waals surface area contributed by atoms with Gasteiger partial charge in [0.15, 0.2) is 11.0 Å². The molecule has 0 aliphatic heterocycles. The number of hydrogen-bond donors (Lipinski definition) is 2. The minimum atomic E-state index is -4.35. The maximum absolute atomic E-state index is 11.6. The van der Waals surface area contributed by atoms with Gasteiger partial charge in [-0.05, 0) is 6.42 Å². The van der Waals surface area contributed by atoms with Gasteiger partial charge in [0.05, 0.1) is 0 Å². The van der Waals surface area contributed by atoms with Crippen molar-refractivity contribution in [3.8, 4) is 0 Å². The Labute approximate surface area is 158 Å². The predicted octanol–water partition coefficient (Wildman–Crippen LogP) is 0.146. The molecule has 1 unspecified atom stereocenters. The first-order valence-electron chi connectivity index (χ1n) is 7.62. The van der Waals surface area contributed by atoms with Gasteiger partial charge >= 0.3 is 29.6 Å². The van der Waals surface area contributed by atoms with Crippen molar-refractivity contribution in [3.05, 3.63) is 7.43 Å². The third-order valence-electron chi connectivity index (χ3n) is 3.46. The molecule has 0 rings (SSSR count). The number of Topliss-reactive ketones (excluding diaryl/α,β-unsaturated/α-hetero) is 1. The predicted molar refractivity (Wildman–Crippen MR) is 87.7 cm³/mol. The Hall–Kier alpha value is 0.540. The summed E-state index contributed by atoms with van der Waals surface area (Å²) in [4.78, 5) is 11.6. The second-order valence-corrected chi connectivity index (χ2v) is 6.88. The topological polar surface area (TPSA) is 97.5 Å². The Balaban J connectivity index is -0.00000180. The summed E-state index contributed by atoms with van der Waals surface area (Å²) in [6.45, 7) is 1.84. The zero-order valence-electron chi connectivity index (χ0n) is 14.5. The van der Waals surface area contributed by atoms with Crippen LogP contribution in [0.3, 0.4) is 0 Å².